The van der Waals surface area contributed by atoms with Gasteiger partial charge in [0.25, 0.3) is 0 Å². The van der Waals surface area contributed by atoms with E-state index in [9.17, 15) is 19.5 Å². The first-order chi connectivity index (χ1) is 20.9. The monoisotopic (exact) mass is 586 g/mol. The van der Waals surface area contributed by atoms with Crippen LogP contribution in [0.2, 0.25) is 0 Å². The first-order valence-corrected chi connectivity index (χ1v) is 13.6. The number of aliphatic hydroxyl groups excluding tert-OH is 1. The lowest BCUT2D eigenvalue weighted by Crippen LogP contribution is -2.61. The molecule has 2 heterocycles. The first-order valence-electron chi connectivity index (χ1n) is 13.6. The summed E-state index contributed by atoms with van der Waals surface area (Å²) in [4.78, 5) is 39.8. The lowest BCUT2D eigenvalue weighted by molar-refractivity contribution is -0.294. The van der Waals surface area contributed by atoms with Crippen molar-refractivity contribution in [3.05, 3.63) is 131 Å². The standard InChI is InChI=1S/C33H30O10/c1-21-27(41-30(35)22-11-5-2-6-12-22)28(42-31(36)23-13-7-3-8-14-23)29(43-32(37)24-15-9-4-10-16-24)33(40-21)39-20-26-19-38-18-25(26)17-34/h2-16,18-19,21,27-29,33-34H,17,20H2,1H3/t21-,27+,28?,29?,33-/m0/s1. The highest BCUT2D eigenvalue weighted by molar-refractivity contribution is 5.91. The van der Waals surface area contributed by atoms with E-state index in [0.717, 1.165) is 0 Å². The van der Waals surface area contributed by atoms with Gasteiger partial charge in [-0.15, -0.1) is 0 Å². The van der Waals surface area contributed by atoms with E-state index in [1.165, 1.54) is 12.5 Å². The molecule has 0 amide bonds. The van der Waals surface area contributed by atoms with Gasteiger partial charge in [0.2, 0.25) is 0 Å². The lowest BCUT2D eigenvalue weighted by Gasteiger charge is -2.43. The molecule has 1 N–H and O–H groups in total. The quantitative estimate of drug-likeness (QED) is 0.206. The van der Waals surface area contributed by atoms with E-state index >= 15 is 0 Å². The van der Waals surface area contributed by atoms with Gasteiger partial charge in [-0.2, -0.15) is 0 Å². The van der Waals surface area contributed by atoms with Crippen LogP contribution in [0.25, 0.3) is 0 Å². The van der Waals surface area contributed by atoms with Crippen molar-refractivity contribution in [1.29, 1.82) is 0 Å². The maximum atomic E-state index is 13.3. The summed E-state index contributed by atoms with van der Waals surface area (Å²) in [7, 11) is 0. The molecule has 0 saturated carbocycles. The molecule has 1 fully saturated rings. The molecule has 0 spiro atoms. The van der Waals surface area contributed by atoms with Crippen LogP contribution >= 0.6 is 0 Å². The van der Waals surface area contributed by atoms with Crippen LogP contribution in [0.1, 0.15) is 49.1 Å². The van der Waals surface area contributed by atoms with Crippen molar-refractivity contribution in [3.8, 4) is 0 Å². The molecule has 4 aromatic rings. The van der Waals surface area contributed by atoms with E-state index in [-0.39, 0.29) is 29.9 Å². The highest BCUT2D eigenvalue weighted by Crippen LogP contribution is 2.32. The second-order valence-corrected chi connectivity index (χ2v) is 9.81. The predicted octanol–water partition coefficient (Wildman–Crippen LogP) is 4.71. The van der Waals surface area contributed by atoms with Crippen LogP contribution in [-0.2, 0) is 36.9 Å². The molecule has 0 bridgehead atoms. The van der Waals surface area contributed by atoms with Crippen molar-refractivity contribution in [3.63, 3.8) is 0 Å². The average molecular weight is 587 g/mol. The summed E-state index contributed by atoms with van der Waals surface area (Å²) < 4.78 is 35.0. The second-order valence-electron chi connectivity index (χ2n) is 9.81. The maximum Gasteiger partial charge on any atom is 0.338 e. The largest absolute Gasteiger partial charge is 0.472 e. The van der Waals surface area contributed by atoms with Crippen LogP contribution in [0.4, 0.5) is 0 Å². The van der Waals surface area contributed by atoms with Crippen molar-refractivity contribution < 1.29 is 47.6 Å². The highest BCUT2D eigenvalue weighted by atomic mass is 16.7. The van der Waals surface area contributed by atoms with Gasteiger partial charge in [0, 0.05) is 11.1 Å². The molecule has 0 radical (unpaired) electrons. The Morgan fingerprint density at radius 2 is 1.09 bits per heavy atom. The van der Waals surface area contributed by atoms with E-state index in [1.54, 1.807) is 97.9 Å². The summed E-state index contributed by atoms with van der Waals surface area (Å²) >= 11 is 0. The SMILES string of the molecule is C[C@@H]1O[C@H](OCc2cocc2CO)C(OC(=O)c2ccccc2)C(OC(=O)c2ccccc2)[C@@H]1OC(=O)c1ccccc1. The van der Waals surface area contributed by atoms with E-state index in [2.05, 4.69) is 0 Å². The van der Waals surface area contributed by atoms with Gasteiger partial charge in [0.15, 0.2) is 24.6 Å². The van der Waals surface area contributed by atoms with Gasteiger partial charge in [-0.1, -0.05) is 54.6 Å². The summed E-state index contributed by atoms with van der Waals surface area (Å²) in [6.45, 7) is 1.27. The highest BCUT2D eigenvalue weighted by Gasteiger charge is 2.52. The van der Waals surface area contributed by atoms with Crippen LogP contribution < -0.4 is 0 Å². The van der Waals surface area contributed by atoms with E-state index in [1.807, 2.05) is 0 Å². The average Bonchev–Trinajstić information content (AvgIpc) is 3.51. The van der Waals surface area contributed by atoms with E-state index in [0.29, 0.717) is 11.1 Å². The maximum absolute atomic E-state index is 13.3. The molecule has 1 aliphatic heterocycles. The molecule has 1 aliphatic rings. The number of carbonyl (C=O) groups is 3. The number of esters is 3. The predicted molar refractivity (Wildman–Crippen MR) is 151 cm³/mol. The number of furan rings is 1. The summed E-state index contributed by atoms with van der Waals surface area (Å²) in [6.07, 6.45) is -3.20. The molecule has 5 rings (SSSR count). The summed E-state index contributed by atoms with van der Waals surface area (Å²) in [5.41, 5.74) is 1.80. The Bertz CT molecular complexity index is 1500. The summed E-state index contributed by atoms with van der Waals surface area (Å²) in [5, 5.41) is 9.62. The zero-order valence-corrected chi connectivity index (χ0v) is 23.2. The number of ether oxygens (including phenoxy) is 5. The zero-order chi connectivity index (χ0) is 30.2. The molecule has 10 nitrogen and oxygen atoms in total. The van der Waals surface area contributed by atoms with Crippen LogP contribution in [0.5, 0.6) is 0 Å². The molecule has 1 aromatic heterocycles. The Labute approximate surface area is 247 Å². The Kier molecular flexibility index (Phi) is 9.63. The Hall–Kier alpha value is -4.77. The molecule has 5 atom stereocenters. The van der Waals surface area contributed by atoms with Crippen LogP contribution in [-0.4, -0.2) is 53.7 Å². The zero-order valence-electron chi connectivity index (χ0n) is 23.2. The van der Waals surface area contributed by atoms with Crippen LogP contribution in [0.3, 0.4) is 0 Å². The van der Waals surface area contributed by atoms with E-state index in [4.69, 9.17) is 28.1 Å². The fraction of sp³-hybridized carbons (Fsp3) is 0.242. The number of benzene rings is 3. The lowest BCUT2D eigenvalue weighted by atomic mass is 9.98. The van der Waals surface area contributed by atoms with Gasteiger partial charge in [-0.3, -0.25) is 0 Å². The second kappa shape index (κ2) is 13.9. The Morgan fingerprint density at radius 1 is 0.651 bits per heavy atom. The van der Waals surface area contributed by atoms with Crippen molar-refractivity contribution >= 4 is 17.9 Å². The topological polar surface area (TPSA) is 131 Å². The van der Waals surface area contributed by atoms with Crippen molar-refractivity contribution in [2.45, 2.75) is 50.8 Å². The fourth-order valence-corrected chi connectivity index (χ4v) is 4.61. The van der Waals surface area contributed by atoms with Gasteiger partial charge in [-0.05, 0) is 43.3 Å². The molecular formula is C33H30O10. The summed E-state index contributed by atoms with van der Waals surface area (Å²) in [5.74, 6) is -2.14. The van der Waals surface area contributed by atoms with Gasteiger partial charge < -0.3 is 33.2 Å². The minimum atomic E-state index is -1.37. The third-order valence-electron chi connectivity index (χ3n) is 6.89. The molecule has 43 heavy (non-hydrogen) atoms. The van der Waals surface area contributed by atoms with Gasteiger partial charge in [-0.25, -0.2) is 14.4 Å². The minimum Gasteiger partial charge on any atom is -0.472 e. The Morgan fingerprint density at radius 3 is 1.58 bits per heavy atom. The number of aliphatic hydroxyl groups is 1. The molecular weight excluding hydrogens is 556 g/mol. The Balaban J connectivity index is 1.49. The first kappa shape index (κ1) is 29.7. The van der Waals surface area contributed by atoms with Gasteiger partial charge in [0.05, 0.1) is 48.5 Å². The number of hydrogen-bond donors (Lipinski definition) is 1. The summed E-state index contributed by atoms with van der Waals surface area (Å²) in [6, 6.07) is 24.8. The smallest absolute Gasteiger partial charge is 0.338 e. The third-order valence-corrected chi connectivity index (χ3v) is 6.89. The molecule has 2 unspecified atom stereocenters. The van der Waals surface area contributed by atoms with E-state index < -0.39 is 48.6 Å². The molecule has 10 heteroatoms. The fourth-order valence-electron chi connectivity index (χ4n) is 4.61. The molecule has 1 saturated heterocycles. The van der Waals surface area contributed by atoms with Crippen molar-refractivity contribution in [2.24, 2.45) is 0 Å². The molecule has 0 aliphatic carbocycles. The van der Waals surface area contributed by atoms with Crippen LogP contribution in [0, 0.1) is 0 Å². The normalized spacial score (nSPS) is 21.5. The molecule has 3 aromatic carbocycles. The molecule has 222 valence electrons. The number of hydrogen-bond acceptors (Lipinski definition) is 10. The number of carbonyl (C=O) groups excluding carboxylic acids is 3. The van der Waals surface area contributed by atoms with Crippen molar-refractivity contribution in [1.82, 2.24) is 0 Å². The van der Waals surface area contributed by atoms with Crippen LogP contribution in [0.15, 0.2) is 108 Å². The minimum absolute atomic E-state index is 0.0863. The van der Waals surface area contributed by atoms with Gasteiger partial charge >= 0.3 is 17.9 Å². The van der Waals surface area contributed by atoms with Crippen molar-refractivity contribution in [2.75, 3.05) is 0 Å². The van der Waals surface area contributed by atoms with Gasteiger partial charge in [0.1, 0.15) is 0 Å². The number of rotatable bonds is 10. The third kappa shape index (κ3) is 7.18.